The van der Waals surface area contributed by atoms with Gasteiger partial charge in [0.2, 0.25) is 11.8 Å². The van der Waals surface area contributed by atoms with Gasteiger partial charge in [0, 0.05) is 31.0 Å². The number of likely N-dealkylation sites (tertiary alicyclic amines) is 1. The van der Waals surface area contributed by atoms with Crippen LogP contribution >= 0.6 is 11.8 Å². The zero-order chi connectivity index (χ0) is 26.5. The molecule has 3 fully saturated rings. The van der Waals surface area contributed by atoms with Gasteiger partial charge in [-0.05, 0) is 51.4 Å². The van der Waals surface area contributed by atoms with Gasteiger partial charge < -0.3 is 19.6 Å². The highest BCUT2D eigenvalue weighted by Crippen LogP contribution is 2.68. The van der Waals surface area contributed by atoms with Crippen LogP contribution in [0.15, 0.2) is 25.3 Å². The van der Waals surface area contributed by atoms with E-state index in [1.165, 1.54) is 0 Å². The lowest BCUT2D eigenvalue weighted by Crippen LogP contribution is -2.58. The Morgan fingerprint density at radius 3 is 2.69 bits per heavy atom. The Balaban J connectivity index is 1.98. The Bertz CT molecular complexity index is 835. The van der Waals surface area contributed by atoms with Crippen molar-refractivity contribution in [2.75, 3.05) is 26.3 Å². The minimum atomic E-state index is -0.645. The van der Waals surface area contributed by atoms with Crippen LogP contribution in [-0.2, 0) is 19.1 Å². The number of hydrogen-bond donors (Lipinski definition) is 1. The zero-order valence-electron chi connectivity index (χ0n) is 22.2. The van der Waals surface area contributed by atoms with Gasteiger partial charge in [0.25, 0.3) is 0 Å². The molecule has 0 saturated carbocycles. The van der Waals surface area contributed by atoms with E-state index in [0.717, 1.165) is 25.7 Å². The third-order valence-corrected chi connectivity index (χ3v) is 10.3. The van der Waals surface area contributed by atoms with Crippen molar-refractivity contribution in [2.24, 2.45) is 17.8 Å². The van der Waals surface area contributed by atoms with E-state index in [1.54, 1.807) is 28.8 Å². The Hall–Kier alpha value is -1.80. The van der Waals surface area contributed by atoms with E-state index in [9.17, 15) is 19.5 Å². The number of hydrogen-bond acceptors (Lipinski definition) is 6. The van der Waals surface area contributed by atoms with E-state index in [0.29, 0.717) is 39.0 Å². The van der Waals surface area contributed by atoms with Gasteiger partial charge in [-0.25, -0.2) is 0 Å². The number of fused-ring (bicyclic) bond motifs is 1. The molecule has 1 N–H and O–H groups in total. The molecular weight excluding hydrogens is 476 g/mol. The summed E-state index contributed by atoms with van der Waals surface area (Å²) < 4.78 is 5.00. The number of rotatable bonds is 15. The smallest absolute Gasteiger partial charge is 0.310 e. The molecule has 2 amide bonds. The van der Waals surface area contributed by atoms with Crippen molar-refractivity contribution >= 4 is 29.5 Å². The lowest BCUT2D eigenvalue weighted by Gasteiger charge is -2.41. The zero-order valence-corrected chi connectivity index (χ0v) is 23.0. The van der Waals surface area contributed by atoms with E-state index in [-0.39, 0.29) is 41.6 Å². The third-order valence-electron chi connectivity index (χ3n) is 8.20. The second-order valence-corrected chi connectivity index (χ2v) is 12.1. The summed E-state index contributed by atoms with van der Waals surface area (Å²) >= 11 is 1.68. The first kappa shape index (κ1) is 28.8. The average molecular weight is 521 g/mol. The van der Waals surface area contributed by atoms with Gasteiger partial charge in [0.15, 0.2) is 0 Å². The monoisotopic (exact) mass is 520 g/mol. The van der Waals surface area contributed by atoms with Crippen LogP contribution in [0.4, 0.5) is 0 Å². The second-order valence-electron chi connectivity index (χ2n) is 10.5. The third kappa shape index (κ3) is 5.13. The van der Waals surface area contributed by atoms with Gasteiger partial charge in [-0.3, -0.25) is 14.4 Å². The molecule has 36 heavy (non-hydrogen) atoms. The number of carbonyl (C=O) groups excluding carboxylic acids is 3. The number of thioether (sulfide) groups is 1. The van der Waals surface area contributed by atoms with Crippen LogP contribution in [0.1, 0.15) is 65.7 Å². The molecule has 3 aliphatic rings. The van der Waals surface area contributed by atoms with Crippen LogP contribution in [0.2, 0.25) is 0 Å². The van der Waals surface area contributed by atoms with E-state index in [4.69, 9.17) is 4.74 Å². The minimum absolute atomic E-state index is 0.0170. The molecule has 3 saturated heterocycles. The number of aliphatic hydroxyl groups excluding tert-OH is 1. The van der Waals surface area contributed by atoms with E-state index in [2.05, 4.69) is 33.9 Å². The molecule has 0 radical (unpaired) electrons. The second kappa shape index (κ2) is 12.6. The molecule has 3 heterocycles. The highest BCUT2D eigenvalue weighted by molar-refractivity contribution is 8.02. The summed E-state index contributed by atoms with van der Waals surface area (Å²) in [4.78, 5) is 45.3. The number of allylic oxidation sites excluding steroid dienone is 1. The fourth-order valence-electron chi connectivity index (χ4n) is 6.56. The maximum absolute atomic E-state index is 14.3. The summed E-state index contributed by atoms with van der Waals surface area (Å²) in [5.74, 6) is -1.43. The number of esters is 1. The van der Waals surface area contributed by atoms with Crippen LogP contribution in [0, 0.1) is 17.8 Å². The first-order valence-electron chi connectivity index (χ1n) is 13.6. The average Bonchev–Trinajstić information content (AvgIpc) is 3.44. The molecule has 0 aromatic rings. The quantitative estimate of drug-likeness (QED) is 0.201. The predicted molar refractivity (Wildman–Crippen MR) is 143 cm³/mol. The molecule has 8 heteroatoms. The maximum Gasteiger partial charge on any atom is 0.310 e. The molecule has 7 nitrogen and oxygen atoms in total. The van der Waals surface area contributed by atoms with Crippen molar-refractivity contribution in [2.45, 2.75) is 87.8 Å². The Morgan fingerprint density at radius 1 is 1.31 bits per heavy atom. The molecule has 3 aliphatic heterocycles. The number of amides is 2. The Labute approximate surface area is 220 Å². The normalized spacial score (nSPS) is 31.3. The molecule has 0 aromatic carbocycles. The number of nitrogens with zero attached hydrogens (tertiary/aromatic N) is 2. The maximum atomic E-state index is 14.3. The predicted octanol–water partition coefficient (Wildman–Crippen LogP) is 3.81. The van der Waals surface area contributed by atoms with Crippen molar-refractivity contribution in [1.82, 2.24) is 9.80 Å². The molecule has 1 spiro atoms. The summed E-state index contributed by atoms with van der Waals surface area (Å²) in [6.07, 6.45) is 8.81. The molecule has 0 aromatic heterocycles. The topological polar surface area (TPSA) is 87.2 Å². The van der Waals surface area contributed by atoms with Gasteiger partial charge in [0.05, 0.1) is 23.2 Å². The van der Waals surface area contributed by atoms with E-state index in [1.807, 2.05) is 4.90 Å². The molecule has 3 rings (SSSR count). The van der Waals surface area contributed by atoms with Crippen molar-refractivity contribution < 1.29 is 24.2 Å². The lowest BCUT2D eigenvalue weighted by molar-refractivity contribution is -0.154. The standard InChI is InChI=1S/C28H44N2O5S/c1-6-9-12-17-35-27(34)22-21-18-19(4)28(36-21)23(22)25(32)30(15-10-11-16-31)24(28)26(33)29(14-8-3)20(5)13-7-2/h6,8,19-24,31H,1,3,7,9-18H2,2,4-5H3/t19?,20?,21-,22+,23-,24?,28?/m0/s1. The van der Waals surface area contributed by atoms with Crippen molar-refractivity contribution in [3.63, 3.8) is 0 Å². The van der Waals surface area contributed by atoms with Gasteiger partial charge in [-0.2, -0.15) is 0 Å². The van der Waals surface area contributed by atoms with Crippen molar-refractivity contribution in [3.05, 3.63) is 25.3 Å². The van der Waals surface area contributed by atoms with E-state index < -0.39 is 22.6 Å². The summed E-state index contributed by atoms with van der Waals surface area (Å²) in [5.41, 5.74) is 0. The number of ether oxygens (including phenoxy) is 1. The molecule has 4 unspecified atom stereocenters. The van der Waals surface area contributed by atoms with Crippen molar-refractivity contribution in [1.29, 1.82) is 0 Å². The number of aliphatic hydroxyl groups is 1. The minimum Gasteiger partial charge on any atom is -0.465 e. The fraction of sp³-hybridized carbons (Fsp3) is 0.750. The highest BCUT2D eigenvalue weighted by Gasteiger charge is 2.76. The van der Waals surface area contributed by atoms with Gasteiger partial charge >= 0.3 is 5.97 Å². The summed E-state index contributed by atoms with van der Waals surface area (Å²) in [6, 6.07) is -0.605. The largest absolute Gasteiger partial charge is 0.465 e. The van der Waals surface area contributed by atoms with Crippen molar-refractivity contribution in [3.8, 4) is 0 Å². The van der Waals surface area contributed by atoms with Crippen LogP contribution < -0.4 is 0 Å². The first-order valence-corrected chi connectivity index (χ1v) is 14.5. The van der Waals surface area contributed by atoms with Gasteiger partial charge in [-0.1, -0.05) is 32.4 Å². The summed E-state index contributed by atoms with van der Waals surface area (Å²) in [5, 5.41) is 9.34. The number of carbonyl (C=O) groups is 3. The van der Waals surface area contributed by atoms with Crippen LogP contribution in [-0.4, -0.2) is 81.1 Å². The van der Waals surface area contributed by atoms with Crippen LogP contribution in [0.5, 0.6) is 0 Å². The van der Waals surface area contributed by atoms with Gasteiger partial charge in [-0.15, -0.1) is 24.9 Å². The number of unbranched alkanes of at least 4 members (excludes halogenated alkanes) is 2. The Morgan fingerprint density at radius 2 is 2.06 bits per heavy atom. The lowest BCUT2D eigenvalue weighted by atomic mass is 9.66. The molecular formula is C28H44N2O5S. The molecule has 2 bridgehead atoms. The molecule has 202 valence electrons. The van der Waals surface area contributed by atoms with E-state index >= 15 is 0 Å². The fourth-order valence-corrected chi connectivity index (χ4v) is 8.96. The van der Waals surface area contributed by atoms with Crippen LogP contribution in [0.25, 0.3) is 0 Å². The highest BCUT2D eigenvalue weighted by atomic mass is 32.2. The van der Waals surface area contributed by atoms with Crippen LogP contribution in [0.3, 0.4) is 0 Å². The first-order chi connectivity index (χ1) is 17.3. The summed E-state index contributed by atoms with van der Waals surface area (Å²) in [6.45, 7) is 15.0. The Kier molecular flexibility index (Phi) is 10.1. The molecule has 7 atom stereocenters. The molecule has 0 aliphatic carbocycles. The summed E-state index contributed by atoms with van der Waals surface area (Å²) in [7, 11) is 0. The SMILES string of the molecule is C=CCCCOC(=O)[C@@H]1[C@@H]2CC(C)C3(S2)C(C(=O)N(CC=C)C(C)CCC)N(CCCCO)C(=O)[C@H]13. The van der Waals surface area contributed by atoms with Gasteiger partial charge in [0.1, 0.15) is 6.04 Å².